The zero-order valence-corrected chi connectivity index (χ0v) is 12.0. The van der Waals surface area contributed by atoms with Crippen molar-refractivity contribution in [3.05, 3.63) is 35.4 Å². The molecule has 0 radical (unpaired) electrons. The summed E-state index contributed by atoms with van der Waals surface area (Å²) in [7, 11) is 0. The molecule has 1 aliphatic rings. The molecular formula is C15H21N3O3. The molecule has 114 valence electrons. The van der Waals surface area contributed by atoms with Crippen LogP contribution in [0.4, 0.5) is 0 Å². The van der Waals surface area contributed by atoms with Crippen LogP contribution in [-0.4, -0.2) is 59.5 Å². The number of amides is 1. The summed E-state index contributed by atoms with van der Waals surface area (Å²) in [6, 6.07) is 7.36. The highest BCUT2D eigenvalue weighted by Gasteiger charge is 2.18. The number of benzene rings is 1. The minimum Gasteiger partial charge on any atom is -0.480 e. The van der Waals surface area contributed by atoms with Gasteiger partial charge in [-0.2, -0.15) is 0 Å². The Hall–Kier alpha value is -1.92. The van der Waals surface area contributed by atoms with Crippen molar-refractivity contribution >= 4 is 11.9 Å². The van der Waals surface area contributed by atoms with Crippen LogP contribution in [0.5, 0.6) is 0 Å². The molecule has 3 N–H and O–H groups in total. The summed E-state index contributed by atoms with van der Waals surface area (Å²) >= 11 is 0. The molecule has 1 aromatic rings. The molecule has 1 fully saturated rings. The lowest BCUT2D eigenvalue weighted by Crippen LogP contribution is -2.34. The number of carbonyl (C=O) groups is 2. The van der Waals surface area contributed by atoms with Gasteiger partial charge in [-0.1, -0.05) is 18.2 Å². The Kier molecular flexibility index (Phi) is 5.30. The minimum absolute atomic E-state index is 0.0890. The third kappa shape index (κ3) is 4.54. The third-order valence-electron chi connectivity index (χ3n) is 3.72. The van der Waals surface area contributed by atoms with Crippen LogP contribution in [0.2, 0.25) is 0 Å². The second-order valence-corrected chi connectivity index (χ2v) is 5.32. The van der Waals surface area contributed by atoms with Crippen molar-refractivity contribution in [2.75, 3.05) is 32.7 Å². The van der Waals surface area contributed by atoms with Gasteiger partial charge >= 0.3 is 5.97 Å². The third-order valence-corrected chi connectivity index (χ3v) is 3.72. The van der Waals surface area contributed by atoms with E-state index in [-0.39, 0.29) is 6.54 Å². The summed E-state index contributed by atoms with van der Waals surface area (Å²) in [5, 5.41) is 8.85. The van der Waals surface area contributed by atoms with Crippen LogP contribution in [0, 0.1) is 0 Å². The Morgan fingerprint density at radius 3 is 2.48 bits per heavy atom. The number of carboxylic acid groups (broad SMARTS) is 1. The van der Waals surface area contributed by atoms with E-state index in [4.69, 9.17) is 10.8 Å². The maximum Gasteiger partial charge on any atom is 0.317 e. The lowest BCUT2D eigenvalue weighted by atomic mass is 10.1. The summed E-state index contributed by atoms with van der Waals surface area (Å²) < 4.78 is 0. The van der Waals surface area contributed by atoms with Gasteiger partial charge in [0, 0.05) is 31.7 Å². The molecule has 21 heavy (non-hydrogen) atoms. The van der Waals surface area contributed by atoms with E-state index in [1.54, 1.807) is 12.1 Å². The minimum atomic E-state index is -0.789. The fourth-order valence-electron chi connectivity index (χ4n) is 2.67. The number of rotatable bonds is 5. The molecule has 6 heteroatoms. The van der Waals surface area contributed by atoms with E-state index < -0.39 is 11.9 Å². The van der Waals surface area contributed by atoms with Crippen molar-refractivity contribution < 1.29 is 14.7 Å². The largest absolute Gasteiger partial charge is 0.480 e. The molecule has 0 spiro atoms. The lowest BCUT2D eigenvalue weighted by molar-refractivity contribution is -0.138. The first-order chi connectivity index (χ1) is 10.1. The highest BCUT2D eigenvalue weighted by atomic mass is 16.4. The van der Waals surface area contributed by atoms with Crippen LogP contribution < -0.4 is 5.73 Å². The van der Waals surface area contributed by atoms with Gasteiger partial charge in [-0.25, -0.2) is 0 Å². The predicted molar refractivity (Wildman–Crippen MR) is 78.9 cm³/mol. The predicted octanol–water partition coefficient (Wildman–Crippen LogP) is 0.378. The average Bonchev–Trinajstić information content (AvgIpc) is 2.64. The molecule has 0 atom stereocenters. The summed E-state index contributed by atoms with van der Waals surface area (Å²) in [5.74, 6) is -1.20. The van der Waals surface area contributed by atoms with Crippen molar-refractivity contribution in [2.45, 2.75) is 13.0 Å². The van der Waals surface area contributed by atoms with Crippen molar-refractivity contribution in [1.82, 2.24) is 9.80 Å². The quantitative estimate of drug-likeness (QED) is 0.819. The van der Waals surface area contributed by atoms with Gasteiger partial charge in [0.15, 0.2) is 0 Å². The molecule has 0 unspecified atom stereocenters. The van der Waals surface area contributed by atoms with Crippen molar-refractivity contribution in [3.63, 3.8) is 0 Å². The summed E-state index contributed by atoms with van der Waals surface area (Å²) in [6.45, 7) is 3.96. The van der Waals surface area contributed by atoms with Crippen LogP contribution in [0.15, 0.2) is 24.3 Å². The van der Waals surface area contributed by atoms with E-state index in [0.717, 1.165) is 38.2 Å². The zero-order chi connectivity index (χ0) is 15.2. The molecule has 1 amide bonds. The number of primary amides is 1. The van der Waals surface area contributed by atoms with Crippen molar-refractivity contribution in [3.8, 4) is 0 Å². The molecule has 1 aromatic carbocycles. The Labute approximate surface area is 124 Å². The Morgan fingerprint density at radius 1 is 1.10 bits per heavy atom. The first-order valence-corrected chi connectivity index (χ1v) is 7.10. The highest BCUT2D eigenvalue weighted by molar-refractivity contribution is 5.94. The second-order valence-electron chi connectivity index (χ2n) is 5.32. The van der Waals surface area contributed by atoms with Crippen molar-refractivity contribution in [2.24, 2.45) is 5.73 Å². The molecule has 0 aliphatic carbocycles. The Morgan fingerprint density at radius 2 is 1.76 bits per heavy atom. The number of hydrogen-bond donors (Lipinski definition) is 2. The fraction of sp³-hybridized carbons (Fsp3) is 0.467. The number of nitrogens with two attached hydrogens (primary N) is 1. The highest BCUT2D eigenvalue weighted by Crippen LogP contribution is 2.13. The molecule has 1 aliphatic heterocycles. The van der Waals surface area contributed by atoms with E-state index >= 15 is 0 Å². The molecule has 1 saturated heterocycles. The first kappa shape index (κ1) is 15.5. The number of hydrogen-bond acceptors (Lipinski definition) is 4. The first-order valence-electron chi connectivity index (χ1n) is 7.10. The maximum atomic E-state index is 11.4. The van der Waals surface area contributed by atoms with Gasteiger partial charge in [-0.05, 0) is 24.6 Å². The van der Waals surface area contributed by atoms with E-state index in [0.29, 0.717) is 12.1 Å². The molecule has 2 rings (SSSR count). The lowest BCUT2D eigenvalue weighted by Gasteiger charge is -2.21. The number of carbonyl (C=O) groups excluding carboxylic acids is 1. The number of nitrogens with zero attached hydrogens (tertiary/aromatic N) is 2. The van der Waals surface area contributed by atoms with Gasteiger partial charge in [0.1, 0.15) is 0 Å². The van der Waals surface area contributed by atoms with Crippen LogP contribution in [0.25, 0.3) is 0 Å². The van der Waals surface area contributed by atoms with E-state index in [9.17, 15) is 9.59 Å². The van der Waals surface area contributed by atoms with Gasteiger partial charge in [-0.15, -0.1) is 0 Å². The molecule has 0 saturated carbocycles. The van der Waals surface area contributed by atoms with Gasteiger partial charge in [-0.3, -0.25) is 19.4 Å². The van der Waals surface area contributed by atoms with Gasteiger partial charge in [0.05, 0.1) is 6.54 Å². The molecule has 0 aromatic heterocycles. The smallest absolute Gasteiger partial charge is 0.317 e. The van der Waals surface area contributed by atoms with Gasteiger partial charge in [0.25, 0.3) is 0 Å². The van der Waals surface area contributed by atoms with E-state index in [2.05, 4.69) is 4.90 Å². The van der Waals surface area contributed by atoms with Gasteiger partial charge < -0.3 is 10.8 Å². The average molecular weight is 291 g/mol. The Balaban J connectivity index is 1.98. The molecule has 1 heterocycles. The molecule has 0 bridgehead atoms. The van der Waals surface area contributed by atoms with Crippen molar-refractivity contribution in [1.29, 1.82) is 0 Å². The van der Waals surface area contributed by atoms with Gasteiger partial charge in [0.2, 0.25) is 5.91 Å². The normalized spacial score (nSPS) is 17.3. The summed E-state index contributed by atoms with van der Waals surface area (Å²) in [6.07, 6.45) is 0.923. The van der Waals surface area contributed by atoms with E-state index in [1.807, 2.05) is 17.0 Å². The number of aliphatic carboxylic acids is 1. The standard InChI is InChI=1S/C15H21N3O3/c16-15(21)13-5-2-1-4-12(13)10-17-6-3-7-18(9-8-17)11-14(19)20/h1-2,4-5H,3,6-11H2,(H2,16,21)(H,19,20). The van der Waals surface area contributed by atoms with Crippen LogP contribution in [0.3, 0.4) is 0 Å². The number of carboxylic acids is 1. The van der Waals surface area contributed by atoms with Crippen LogP contribution >= 0.6 is 0 Å². The SMILES string of the molecule is NC(=O)c1ccccc1CN1CCCN(CC(=O)O)CC1. The van der Waals surface area contributed by atoms with Crippen LogP contribution in [-0.2, 0) is 11.3 Å². The zero-order valence-electron chi connectivity index (χ0n) is 12.0. The molecule has 6 nitrogen and oxygen atoms in total. The summed E-state index contributed by atoms with van der Waals surface area (Å²) in [5.41, 5.74) is 6.88. The second kappa shape index (κ2) is 7.19. The van der Waals surface area contributed by atoms with E-state index in [1.165, 1.54) is 0 Å². The maximum absolute atomic E-state index is 11.4. The summed E-state index contributed by atoms with van der Waals surface area (Å²) in [4.78, 5) is 26.4. The monoisotopic (exact) mass is 291 g/mol. The molecular weight excluding hydrogens is 270 g/mol. The Bertz CT molecular complexity index is 519. The topological polar surface area (TPSA) is 86.9 Å². The van der Waals surface area contributed by atoms with Crippen LogP contribution in [0.1, 0.15) is 22.3 Å². The fourth-order valence-corrected chi connectivity index (χ4v) is 2.67.